The quantitative estimate of drug-likeness (QED) is 0.191. The summed E-state index contributed by atoms with van der Waals surface area (Å²) in [5.41, 5.74) is 4.52. The van der Waals surface area contributed by atoms with Crippen LogP contribution in [0.4, 0.5) is 5.69 Å². The molecule has 0 unspecified atom stereocenters. The molecule has 0 saturated carbocycles. The summed E-state index contributed by atoms with van der Waals surface area (Å²) in [6.45, 7) is 0. The summed E-state index contributed by atoms with van der Waals surface area (Å²) in [5, 5.41) is 7.43. The van der Waals surface area contributed by atoms with E-state index in [1.54, 1.807) is 49.9 Å². The van der Waals surface area contributed by atoms with E-state index in [9.17, 15) is 4.79 Å². The van der Waals surface area contributed by atoms with Crippen LogP contribution in [0.25, 0.3) is 0 Å². The third-order valence-corrected chi connectivity index (χ3v) is 4.22. The Hall–Kier alpha value is -3.98. The molecule has 8 nitrogen and oxygen atoms in total. The first kappa shape index (κ1) is 21.7. The second-order valence-corrected chi connectivity index (χ2v) is 6.47. The van der Waals surface area contributed by atoms with E-state index < -0.39 is 5.97 Å². The molecule has 2 aromatic carbocycles. The second-order valence-electron chi connectivity index (χ2n) is 6.07. The minimum Gasteiger partial charge on any atom is -0.495 e. The highest BCUT2D eigenvalue weighted by atomic mass is 32.1. The molecule has 1 aromatic heterocycles. The smallest absolute Gasteiger partial charge is 0.345 e. The molecule has 0 saturated heterocycles. The minimum absolute atomic E-state index is 0.287. The lowest BCUT2D eigenvalue weighted by molar-refractivity contribution is 0.0729. The molecule has 1 heterocycles. The van der Waals surface area contributed by atoms with Crippen molar-refractivity contribution in [3.63, 3.8) is 0 Å². The molecular formula is C22H20N4O4S. The number of hydrazone groups is 1. The van der Waals surface area contributed by atoms with Crippen LogP contribution in [0.1, 0.15) is 15.9 Å². The first-order chi connectivity index (χ1) is 15.1. The Morgan fingerprint density at radius 1 is 1.03 bits per heavy atom. The van der Waals surface area contributed by atoms with Gasteiger partial charge in [0.1, 0.15) is 5.75 Å². The average Bonchev–Trinajstić information content (AvgIpc) is 2.80. The molecule has 3 aromatic rings. The number of para-hydroxylation sites is 2. The van der Waals surface area contributed by atoms with Crippen LogP contribution >= 0.6 is 12.2 Å². The zero-order chi connectivity index (χ0) is 22.1. The highest BCUT2D eigenvalue weighted by molar-refractivity contribution is 7.80. The number of esters is 1. The maximum atomic E-state index is 12.2. The topological polar surface area (TPSA) is 94.1 Å². The maximum Gasteiger partial charge on any atom is 0.345 e. The van der Waals surface area contributed by atoms with Crippen LogP contribution in [-0.4, -0.2) is 36.5 Å². The van der Waals surface area contributed by atoms with Gasteiger partial charge >= 0.3 is 5.97 Å². The van der Waals surface area contributed by atoms with Gasteiger partial charge in [-0.05, 0) is 60.2 Å². The predicted molar refractivity (Wildman–Crippen MR) is 122 cm³/mol. The normalized spacial score (nSPS) is 10.4. The van der Waals surface area contributed by atoms with E-state index in [-0.39, 0.29) is 5.75 Å². The summed E-state index contributed by atoms with van der Waals surface area (Å²) in [6.07, 6.45) is 4.58. The van der Waals surface area contributed by atoms with Crippen LogP contribution in [0.2, 0.25) is 0 Å². The first-order valence-corrected chi connectivity index (χ1v) is 9.55. The van der Waals surface area contributed by atoms with Gasteiger partial charge in [0, 0.05) is 12.4 Å². The molecule has 2 N–H and O–H groups in total. The number of hydrogen-bond donors (Lipinski definition) is 2. The van der Waals surface area contributed by atoms with Crippen LogP contribution in [-0.2, 0) is 0 Å². The van der Waals surface area contributed by atoms with E-state index >= 15 is 0 Å². The fourth-order valence-electron chi connectivity index (χ4n) is 2.55. The number of carbonyl (C=O) groups is 1. The van der Waals surface area contributed by atoms with Gasteiger partial charge in [0.25, 0.3) is 0 Å². The van der Waals surface area contributed by atoms with Crippen molar-refractivity contribution in [3.8, 4) is 17.2 Å². The summed E-state index contributed by atoms with van der Waals surface area (Å²) in [6, 6.07) is 15.7. The molecule has 158 valence electrons. The van der Waals surface area contributed by atoms with Gasteiger partial charge in [0.05, 0.1) is 31.7 Å². The van der Waals surface area contributed by atoms with Gasteiger partial charge in [-0.15, -0.1) is 0 Å². The molecular weight excluding hydrogens is 416 g/mol. The average molecular weight is 436 g/mol. The van der Waals surface area contributed by atoms with Crippen molar-refractivity contribution in [1.29, 1.82) is 0 Å². The van der Waals surface area contributed by atoms with Crippen molar-refractivity contribution in [3.05, 3.63) is 78.1 Å². The molecule has 0 aliphatic rings. The molecule has 0 aliphatic carbocycles. The van der Waals surface area contributed by atoms with Gasteiger partial charge in [-0.1, -0.05) is 12.1 Å². The maximum absolute atomic E-state index is 12.2. The Labute approximate surface area is 184 Å². The zero-order valence-corrected chi connectivity index (χ0v) is 17.7. The minimum atomic E-state index is -0.526. The number of nitrogens with one attached hydrogen (secondary N) is 2. The standard InChI is InChI=1S/C22H20N4O4S/c1-28-18-8-4-3-7-17(18)25-22(31)26-24-13-15-9-10-19(20(12-15)29-2)30-21(27)16-6-5-11-23-14-16/h3-14H,1-2H3,(H2,25,26,31)/b24-13-. The summed E-state index contributed by atoms with van der Waals surface area (Å²) < 4.78 is 16.0. The molecule has 0 atom stereocenters. The Morgan fingerprint density at radius 3 is 2.58 bits per heavy atom. The molecule has 0 bridgehead atoms. The fourth-order valence-corrected chi connectivity index (χ4v) is 2.72. The predicted octanol–water partition coefficient (Wildman–Crippen LogP) is 3.64. The molecule has 31 heavy (non-hydrogen) atoms. The molecule has 0 radical (unpaired) electrons. The number of aromatic nitrogens is 1. The largest absolute Gasteiger partial charge is 0.495 e. The monoisotopic (exact) mass is 436 g/mol. The number of anilines is 1. The Bertz CT molecular complexity index is 1090. The van der Waals surface area contributed by atoms with Gasteiger partial charge in [0.15, 0.2) is 16.6 Å². The lowest BCUT2D eigenvalue weighted by atomic mass is 10.2. The van der Waals surface area contributed by atoms with Crippen molar-refractivity contribution in [2.75, 3.05) is 19.5 Å². The molecule has 0 amide bonds. The number of ether oxygens (including phenoxy) is 3. The van der Waals surface area contributed by atoms with E-state index in [1.807, 2.05) is 24.3 Å². The van der Waals surface area contributed by atoms with Gasteiger partial charge in [-0.25, -0.2) is 4.79 Å². The lowest BCUT2D eigenvalue weighted by Crippen LogP contribution is -2.24. The Morgan fingerprint density at radius 2 is 1.84 bits per heavy atom. The van der Waals surface area contributed by atoms with Crippen molar-refractivity contribution >= 4 is 35.2 Å². The third-order valence-electron chi connectivity index (χ3n) is 4.02. The van der Waals surface area contributed by atoms with Crippen molar-refractivity contribution in [1.82, 2.24) is 10.4 Å². The number of methoxy groups -OCH3 is 2. The van der Waals surface area contributed by atoms with Gasteiger partial charge in [-0.3, -0.25) is 10.4 Å². The third kappa shape index (κ3) is 6.00. The zero-order valence-electron chi connectivity index (χ0n) is 16.9. The molecule has 0 spiro atoms. The van der Waals surface area contributed by atoms with Gasteiger partial charge in [-0.2, -0.15) is 5.10 Å². The first-order valence-electron chi connectivity index (χ1n) is 9.14. The van der Waals surface area contributed by atoms with E-state index in [4.69, 9.17) is 26.4 Å². The van der Waals surface area contributed by atoms with Gasteiger partial charge in [0.2, 0.25) is 0 Å². The molecule has 3 rings (SSSR count). The van der Waals surface area contributed by atoms with Crippen molar-refractivity contribution < 1.29 is 19.0 Å². The van der Waals surface area contributed by atoms with E-state index in [0.29, 0.717) is 27.7 Å². The number of carbonyl (C=O) groups excluding carboxylic acids is 1. The summed E-state index contributed by atoms with van der Waals surface area (Å²) >= 11 is 5.24. The number of nitrogens with zero attached hydrogens (tertiary/aromatic N) is 2. The van der Waals surface area contributed by atoms with E-state index in [0.717, 1.165) is 5.69 Å². The number of hydrogen-bond acceptors (Lipinski definition) is 7. The number of thiocarbonyl (C=S) groups is 1. The summed E-state index contributed by atoms with van der Waals surface area (Å²) in [4.78, 5) is 16.1. The summed E-state index contributed by atoms with van der Waals surface area (Å²) in [5.74, 6) is 0.810. The highest BCUT2D eigenvalue weighted by Gasteiger charge is 2.12. The van der Waals surface area contributed by atoms with E-state index in [2.05, 4.69) is 20.8 Å². The molecule has 0 fully saturated rings. The fraction of sp³-hybridized carbons (Fsp3) is 0.0909. The molecule has 0 aliphatic heterocycles. The lowest BCUT2D eigenvalue weighted by Gasteiger charge is -2.11. The Kier molecular flexibility index (Phi) is 7.50. The van der Waals surface area contributed by atoms with Crippen LogP contribution in [0.5, 0.6) is 17.2 Å². The second kappa shape index (κ2) is 10.7. The van der Waals surface area contributed by atoms with Crippen LogP contribution < -0.4 is 25.0 Å². The van der Waals surface area contributed by atoms with Crippen LogP contribution in [0.3, 0.4) is 0 Å². The van der Waals surface area contributed by atoms with Gasteiger partial charge < -0.3 is 19.5 Å². The van der Waals surface area contributed by atoms with E-state index in [1.165, 1.54) is 13.3 Å². The van der Waals surface area contributed by atoms with Crippen LogP contribution in [0, 0.1) is 0 Å². The number of pyridine rings is 1. The highest BCUT2D eigenvalue weighted by Crippen LogP contribution is 2.28. The molecule has 9 heteroatoms. The van der Waals surface area contributed by atoms with Crippen molar-refractivity contribution in [2.24, 2.45) is 5.10 Å². The SMILES string of the molecule is COc1ccccc1NC(=S)N/N=C\c1ccc(OC(=O)c2cccnc2)c(OC)c1. The Balaban J connectivity index is 1.62. The summed E-state index contributed by atoms with van der Waals surface area (Å²) in [7, 11) is 3.07. The van der Waals surface area contributed by atoms with Crippen molar-refractivity contribution in [2.45, 2.75) is 0 Å². The number of benzene rings is 2. The van der Waals surface area contributed by atoms with Crippen LogP contribution in [0.15, 0.2) is 72.1 Å². The number of rotatable bonds is 7.